The number of allylic oxidation sites excluding steroid dienone is 1. The zero-order valence-corrected chi connectivity index (χ0v) is 26.7. The average molecular weight is 602 g/mol. The Morgan fingerprint density at radius 3 is 1.64 bits per heavy atom. The van der Waals surface area contributed by atoms with Crippen LogP contribution in [0, 0.1) is 6.92 Å². The van der Waals surface area contributed by atoms with E-state index in [-0.39, 0.29) is 0 Å². The maximum atomic E-state index is 2.41. The zero-order chi connectivity index (χ0) is 31.7. The summed E-state index contributed by atoms with van der Waals surface area (Å²) in [7, 11) is 0. The summed E-state index contributed by atoms with van der Waals surface area (Å²) in [6.07, 6.45) is 4.29. The molecule has 224 valence electrons. The number of fused-ring (bicyclic) bond motifs is 4. The molecule has 0 amide bonds. The summed E-state index contributed by atoms with van der Waals surface area (Å²) in [5.41, 5.74) is 10.8. The first-order chi connectivity index (χ1) is 23.2. The molecule has 0 aliphatic carbocycles. The van der Waals surface area contributed by atoms with Gasteiger partial charge >= 0.3 is 0 Å². The lowest BCUT2D eigenvalue weighted by atomic mass is 9.97. The number of hydrogen-bond acceptors (Lipinski definition) is 1. The molecule has 1 heteroatoms. The van der Waals surface area contributed by atoms with Gasteiger partial charge in [-0.15, -0.1) is 0 Å². The lowest BCUT2D eigenvalue weighted by Gasteiger charge is -2.28. The molecule has 0 N–H and O–H groups in total. The van der Waals surface area contributed by atoms with Gasteiger partial charge in [0.05, 0.1) is 5.69 Å². The Hall–Kier alpha value is -5.92. The van der Waals surface area contributed by atoms with Crippen molar-refractivity contribution in [2.75, 3.05) is 4.90 Å². The minimum atomic E-state index is 1.12. The van der Waals surface area contributed by atoms with Crippen LogP contribution in [0.15, 0.2) is 170 Å². The van der Waals surface area contributed by atoms with E-state index in [1.807, 2.05) is 0 Å². The average Bonchev–Trinajstić information content (AvgIpc) is 3.13. The van der Waals surface area contributed by atoms with Gasteiger partial charge in [-0.3, -0.25) is 0 Å². The highest BCUT2D eigenvalue weighted by molar-refractivity contribution is 6.14. The number of benzene rings is 8. The quantitative estimate of drug-likeness (QED) is 0.171. The summed E-state index contributed by atoms with van der Waals surface area (Å²) in [5.74, 6) is 0. The standard InChI is InChI=1S/C46H35N/c1-3-10-36-29-38(18-17-32(36)2)34-21-25-41(26-22-34)47(46-31-40-13-6-7-14-43(40)44-15-8-9-16-45(44)46)42-27-23-35(24-28-42)39-20-19-33-11-4-5-12-37(33)30-39/h3-31H,1-2H3/b10-3-. The monoisotopic (exact) mass is 601 g/mol. The van der Waals surface area contributed by atoms with Crippen LogP contribution in [0.3, 0.4) is 0 Å². The number of aryl methyl sites for hydroxylation is 1. The van der Waals surface area contributed by atoms with Gasteiger partial charge in [0.15, 0.2) is 0 Å². The van der Waals surface area contributed by atoms with Gasteiger partial charge in [-0.05, 0) is 117 Å². The molecule has 0 aromatic heterocycles. The maximum Gasteiger partial charge on any atom is 0.0546 e. The molecular weight excluding hydrogens is 567 g/mol. The Morgan fingerprint density at radius 2 is 0.957 bits per heavy atom. The van der Waals surface area contributed by atoms with E-state index < -0.39 is 0 Å². The molecule has 1 nitrogen and oxygen atoms in total. The van der Waals surface area contributed by atoms with Crippen molar-refractivity contribution >= 4 is 55.5 Å². The summed E-state index contributed by atoms with van der Waals surface area (Å²) in [5, 5.41) is 7.49. The van der Waals surface area contributed by atoms with E-state index in [2.05, 4.69) is 195 Å². The minimum Gasteiger partial charge on any atom is -0.310 e. The Balaban J connectivity index is 1.27. The molecule has 0 atom stereocenters. The molecule has 0 saturated carbocycles. The minimum absolute atomic E-state index is 1.12. The fraction of sp³-hybridized carbons (Fsp3) is 0.0435. The largest absolute Gasteiger partial charge is 0.310 e. The van der Waals surface area contributed by atoms with E-state index in [0.29, 0.717) is 0 Å². The number of nitrogens with zero attached hydrogens (tertiary/aromatic N) is 1. The molecule has 0 aliphatic heterocycles. The lowest BCUT2D eigenvalue weighted by molar-refractivity contribution is 1.30. The second-order valence-electron chi connectivity index (χ2n) is 12.2. The summed E-state index contributed by atoms with van der Waals surface area (Å²) in [6, 6.07) is 59.8. The zero-order valence-electron chi connectivity index (χ0n) is 26.7. The fourth-order valence-electron chi connectivity index (χ4n) is 6.80. The van der Waals surface area contributed by atoms with Crippen molar-refractivity contribution in [3.05, 3.63) is 181 Å². The van der Waals surface area contributed by atoms with Gasteiger partial charge in [-0.2, -0.15) is 0 Å². The van der Waals surface area contributed by atoms with Crippen LogP contribution in [-0.2, 0) is 0 Å². The van der Waals surface area contributed by atoms with E-state index in [9.17, 15) is 0 Å². The van der Waals surface area contributed by atoms with Crippen molar-refractivity contribution in [1.82, 2.24) is 0 Å². The molecular formula is C46H35N. The third-order valence-electron chi connectivity index (χ3n) is 9.28. The van der Waals surface area contributed by atoms with Gasteiger partial charge in [-0.25, -0.2) is 0 Å². The van der Waals surface area contributed by atoms with E-state index in [1.54, 1.807) is 0 Å². The Labute approximate surface area is 276 Å². The summed E-state index contributed by atoms with van der Waals surface area (Å²) in [6.45, 7) is 4.24. The lowest BCUT2D eigenvalue weighted by Crippen LogP contribution is -2.10. The molecule has 0 bridgehead atoms. The van der Waals surface area contributed by atoms with Crippen molar-refractivity contribution in [3.8, 4) is 22.3 Å². The van der Waals surface area contributed by atoms with Gasteiger partial charge in [-0.1, -0.05) is 133 Å². The summed E-state index contributed by atoms with van der Waals surface area (Å²) >= 11 is 0. The number of anilines is 3. The first kappa shape index (κ1) is 28.5. The van der Waals surface area contributed by atoms with E-state index in [1.165, 1.54) is 65.7 Å². The second-order valence-corrected chi connectivity index (χ2v) is 12.2. The van der Waals surface area contributed by atoms with Crippen LogP contribution in [0.25, 0.3) is 60.6 Å². The summed E-state index contributed by atoms with van der Waals surface area (Å²) < 4.78 is 0. The topological polar surface area (TPSA) is 3.24 Å². The van der Waals surface area contributed by atoms with Crippen LogP contribution in [0.1, 0.15) is 18.1 Å². The van der Waals surface area contributed by atoms with Crippen LogP contribution in [0.2, 0.25) is 0 Å². The van der Waals surface area contributed by atoms with E-state index in [4.69, 9.17) is 0 Å². The molecule has 0 spiro atoms. The molecule has 0 aliphatic rings. The van der Waals surface area contributed by atoms with Gasteiger partial charge in [0, 0.05) is 16.8 Å². The van der Waals surface area contributed by atoms with E-state index >= 15 is 0 Å². The van der Waals surface area contributed by atoms with Crippen molar-refractivity contribution < 1.29 is 0 Å². The molecule has 0 fully saturated rings. The van der Waals surface area contributed by atoms with Gasteiger partial charge in [0.2, 0.25) is 0 Å². The number of rotatable bonds is 6. The Kier molecular flexibility index (Phi) is 7.36. The Bertz CT molecular complexity index is 2410. The molecule has 8 aromatic rings. The highest BCUT2D eigenvalue weighted by atomic mass is 15.1. The fourth-order valence-corrected chi connectivity index (χ4v) is 6.80. The third kappa shape index (κ3) is 5.37. The van der Waals surface area contributed by atoms with Crippen LogP contribution in [0.5, 0.6) is 0 Å². The number of hydrogen-bond donors (Lipinski definition) is 0. The molecule has 0 saturated heterocycles. The third-order valence-corrected chi connectivity index (χ3v) is 9.28. The predicted molar refractivity (Wildman–Crippen MR) is 204 cm³/mol. The van der Waals surface area contributed by atoms with Crippen LogP contribution < -0.4 is 4.90 Å². The first-order valence-electron chi connectivity index (χ1n) is 16.3. The van der Waals surface area contributed by atoms with Gasteiger partial charge in [0.1, 0.15) is 0 Å². The molecule has 8 aromatic carbocycles. The van der Waals surface area contributed by atoms with Crippen molar-refractivity contribution in [2.24, 2.45) is 0 Å². The highest BCUT2D eigenvalue weighted by Crippen LogP contribution is 2.43. The summed E-state index contributed by atoms with van der Waals surface area (Å²) in [4.78, 5) is 2.41. The molecule has 0 radical (unpaired) electrons. The van der Waals surface area contributed by atoms with Gasteiger partial charge < -0.3 is 4.90 Å². The predicted octanol–water partition coefficient (Wildman–Crippen LogP) is 13.3. The molecule has 0 unspecified atom stereocenters. The van der Waals surface area contributed by atoms with Crippen LogP contribution in [-0.4, -0.2) is 0 Å². The normalized spacial score (nSPS) is 11.5. The SMILES string of the molecule is C/C=C\c1cc(-c2ccc(N(c3ccc(-c4ccc5ccccc5c4)cc3)c3cc4ccccc4c4ccccc34)cc2)ccc1C. The molecule has 8 rings (SSSR count). The van der Waals surface area contributed by atoms with Crippen molar-refractivity contribution in [1.29, 1.82) is 0 Å². The second kappa shape index (κ2) is 12.1. The van der Waals surface area contributed by atoms with Crippen LogP contribution in [0.4, 0.5) is 17.1 Å². The molecule has 0 heterocycles. The van der Waals surface area contributed by atoms with Crippen LogP contribution >= 0.6 is 0 Å². The van der Waals surface area contributed by atoms with Gasteiger partial charge in [0.25, 0.3) is 0 Å². The Morgan fingerprint density at radius 1 is 0.426 bits per heavy atom. The highest BCUT2D eigenvalue weighted by Gasteiger charge is 2.18. The molecule has 47 heavy (non-hydrogen) atoms. The maximum absolute atomic E-state index is 2.41. The first-order valence-corrected chi connectivity index (χ1v) is 16.3. The van der Waals surface area contributed by atoms with Crippen molar-refractivity contribution in [2.45, 2.75) is 13.8 Å². The van der Waals surface area contributed by atoms with Crippen molar-refractivity contribution in [3.63, 3.8) is 0 Å². The smallest absolute Gasteiger partial charge is 0.0546 e. The van der Waals surface area contributed by atoms with E-state index in [0.717, 1.165) is 17.1 Å².